The van der Waals surface area contributed by atoms with Crippen LogP contribution < -0.4 is 0 Å². The third-order valence-corrected chi connectivity index (χ3v) is 3.56. The normalized spacial score (nSPS) is 9.92. The lowest BCUT2D eigenvalue weighted by molar-refractivity contribution is -0.150. The second-order valence-corrected chi connectivity index (χ2v) is 5.87. The molecule has 138 valence electrons. The second-order valence-electron chi connectivity index (χ2n) is 5.87. The maximum Gasteiger partial charge on any atom is 0.306 e. The molecule has 0 fully saturated rings. The second kappa shape index (κ2) is 17.8. The third-order valence-electron chi connectivity index (χ3n) is 3.56. The van der Waals surface area contributed by atoms with Crippen molar-refractivity contribution in [3.05, 3.63) is 0 Å². The van der Waals surface area contributed by atoms with Gasteiger partial charge in [0.15, 0.2) is 0 Å². The molecule has 0 unspecified atom stereocenters. The molecular weight excluding hydrogens is 304 g/mol. The first-order chi connectivity index (χ1) is 11.7. The Labute approximate surface area is 147 Å². The minimum absolute atomic E-state index is 0.115. The smallest absolute Gasteiger partial charge is 0.306 e. The summed E-state index contributed by atoms with van der Waals surface area (Å²) < 4.78 is 10.1. The van der Waals surface area contributed by atoms with Crippen molar-refractivity contribution in [2.75, 3.05) is 13.2 Å². The van der Waals surface area contributed by atoms with Gasteiger partial charge >= 0.3 is 11.9 Å². The van der Waals surface area contributed by atoms with Gasteiger partial charge in [0, 0.05) is 12.8 Å². The van der Waals surface area contributed by atoms with Crippen LogP contribution in [0.4, 0.5) is 0 Å². The standard InChI is InChI=1S/C20H34O4/c1-3-5-7-8-9-10-11-12-13-14-18-24-20(22)16-15-19(21)23-17-6-4-2/h3-4,6,8-18H2,1-2H3. The number of esters is 2. The van der Waals surface area contributed by atoms with Gasteiger partial charge in [-0.15, -0.1) is 11.8 Å². The number of rotatable bonds is 14. The van der Waals surface area contributed by atoms with E-state index in [2.05, 4.69) is 18.8 Å². The molecule has 4 nitrogen and oxygen atoms in total. The van der Waals surface area contributed by atoms with Crippen molar-refractivity contribution in [1.29, 1.82) is 0 Å². The van der Waals surface area contributed by atoms with Gasteiger partial charge in [-0.1, -0.05) is 46.0 Å². The first kappa shape index (κ1) is 22.5. The Morgan fingerprint density at radius 1 is 0.708 bits per heavy atom. The molecule has 0 aromatic heterocycles. The van der Waals surface area contributed by atoms with Crippen LogP contribution in [0.2, 0.25) is 0 Å². The Morgan fingerprint density at radius 2 is 1.25 bits per heavy atom. The van der Waals surface area contributed by atoms with Crippen molar-refractivity contribution >= 4 is 11.9 Å². The third kappa shape index (κ3) is 16.9. The van der Waals surface area contributed by atoms with Crippen LogP contribution >= 0.6 is 0 Å². The highest BCUT2D eigenvalue weighted by atomic mass is 16.5. The van der Waals surface area contributed by atoms with Crippen LogP contribution in [-0.2, 0) is 19.1 Å². The number of hydrogen-bond acceptors (Lipinski definition) is 4. The molecule has 0 heterocycles. The molecule has 0 spiro atoms. The van der Waals surface area contributed by atoms with Gasteiger partial charge in [-0.25, -0.2) is 0 Å². The molecule has 24 heavy (non-hydrogen) atoms. The fourth-order valence-electron chi connectivity index (χ4n) is 2.10. The van der Waals surface area contributed by atoms with Crippen LogP contribution in [0.1, 0.15) is 90.9 Å². The van der Waals surface area contributed by atoms with Crippen molar-refractivity contribution in [3.8, 4) is 11.8 Å². The maximum atomic E-state index is 11.5. The Kier molecular flexibility index (Phi) is 16.7. The van der Waals surface area contributed by atoms with Gasteiger partial charge in [0.25, 0.3) is 0 Å². The average Bonchev–Trinajstić information content (AvgIpc) is 2.58. The molecule has 0 aliphatic heterocycles. The average molecular weight is 338 g/mol. The minimum Gasteiger partial charge on any atom is -0.466 e. The largest absolute Gasteiger partial charge is 0.466 e. The lowest BCUT2D eigenvalue weighted by Crippen LogP contribution is -2.11. The summed E-state index contributed by atoms with van der Waals surface area (Å²) in [6.07, 6.45) is 10.8. The topological polar surface area (TPSA) is 52.6 Å². The van der Waals surface area contributed by atoms with Gasteiger partial charge in [-0.2, -0.15) is 0 Å². The van der Waals surface area contributed by atoms with E-state index in [1.54, 1.807) is 0 Å². The number of unbranched alkanes of at least 4 members (excludes halogenated alkanes) is 7. The Balaban J connectivity index is 3.32. The van der Waals surface area contributed by atoms with Crippen molar-refractivity contribution < 1.29 is 19.1 Å². The minimum atomic E-state index is -0.316. The van der Waals surface area contributed by atoms with Gasteiger partial charge in [0.05, 0.1) is 26.1 Å². The number of carbonyl (C=O) groups is 2. The highest BCUT2D eigenvalue weighted by molar-refractivity contribution is 5.77. The lowest BCUT2D eigenvalue weighted by atomic mass is 10.1. The predicted octanol–water partition coefficient (Wildman–Crippen LogP) is 4.80. The highest BCUT2D eigenvalue weighted by Crippen LogP contribution is 2.07. The van der Waals surface area contributed by atoms with Gasteiger partial charge < -0.3 is 9.47 Å². The van der Waals surface area contributed by atoms with Crippen molar-refractivity contribution in [2.45, 2.75) is 90.9 Å². The zero-order chi connectivity index (χ0) is 17.9. The van der Waals surface area contributed by atoms with Crippen molar-refractivity contribution in [2.24, 2.45) is 0 Å². The fourth-order valence-corrected chi connectivity index (χ4v) is 2.10. The molecule has 4 heteroatoms. The first-order valence-electron chi connectivity index (χ1n) is 9.47. The molecule has 0 N–H and O–H groups in total. The molecule has 0 aliphatic carbocycles. The van der Waals surface area contributed by atoms with Gasteiger partial charge in [0.1, 0.15) is 0 Å². The van der Waals surface area contributed by atoms with E-state index in [0.717, 1.165) is 38.5 Å². The first-order valence-corrected chi connectivity index (χ1v) is 9.47. The van der Waals surface area contributed by atoms with Crippen LogP contribution in [-0.4, -0.2) is 25.2 Å². The van der Waals surface area contributed by atoms with Crippen molar-refractivity contribution in [3.63, 3.8) is 0 Å². The SMILES string of the molecule is CCC#CCCCCCCCCOC(=O)CCC(=O)OCCCC. The summed E-state index contributed by atoms with van der Waals surface area (Å²) in [6.45, 7) is 4.99. The highest BCUT2D eigenvalue weighted by Gasteiger charge is 2.08. The molecule has 0 aromatic carbocycles. The summed E-state index contributed by atoms with van der Waals surface area (Å²) in [7, 11) is 0. The van der Waals surface area contributed by atoms with E-state index in [9.17, 15) is 9.59 Å². The lowest BCUT2D eigenvalue weighted by Gasteiger charge is -2.05. The number of hydrogen-bond donors (Lipinski definition) is 0. The molecule has 0 amide bonds. The molecule has 0 saturated heterocycles. The Hall–Kier alpha value is -1.50. The summed E-state index contributed by atoms with van der Waals surface area (Å²) >= 11 is 0. The van der Waals surface area contributed by atoms with Crippen LogP contribution in [0.3, 0.4) is 0 Å². The van der Waals surface area contributed by atoms with Crippen LogP contribution in [0.5, 0.6) is 0 Å². The van der Waals surface area contributed by atoms with E-state index in [1.807, 2.05) is 6.92 Å². The summed E-state index contributed by atoms with van der Waals surface area (Å²) in [5, 5.41) is 0. The molecule has 0 rings (SSSR count). The zero-order valence-corrected chi connectivity index (χ0v) is 15.5. The molecular formula is C20H34O4. The molecule has 0 radical (unpaired) electrons. The van der Waals surface area contributed by atoms with E-state index in [-0.39, 0.29) is 24.8 Å². The number of carbonyl (C=O) groups excluding carboxylic acids is 2. The monoisotopic (exact) mass is 338 g/mol. The molecule has 0 aromatic rings. The molecule has 0 saturated carbocycles. The van der Waals surface area contributed by atoms with E-state index in [1.165, 1.54) is 25.7 Å². The van der Waals surface area contributed by atoms with Gasteiger partial charge in [0.2, 0.25) is 0 Å². The van der Waals surface area contributed by atoms with Gasteiger partial charge in [-0.05, 0) is 19.3 Å². The van der Waals surface area contributed by atoms with Crippen LogP contribution in [0.25, 0.3) is 0 Å². The van der Waals surface area contributed by atoms with E-state index >= 15 is 0 Å². The van der Waals surface area contributed by atoms with Crippen molar-refractivity contribution in [1.82, 2.24) is 0 Å². The fraction of sp³-hybridized carbons (Fsp3) is 0.800. The van der Waals surface area contributed by atoms with E-state index in [4.69, 9.17) is 9.47 Å². The van der Waals surface area contributed by atoms with Crippen LogP contribution in [0, 0.1) is 11.8 Å². The van der Waals surface area contributed by atoms with Gasteiger partial charge in [-0.3, -0.25) is 9.59 Å². The summed E-state index contributed by atoms with van der Waals surface area (Å²) in [5.74, 6) is 5.61. The molecule has 0 aliphatic rings. The Morgan fingerprint density at radius 3 is 1.83 bits per heavy atom. The van der Waals surface area contributed by atoms with E-state index in [0.29, 0.717) is 13.2 Å². The summed E-state index contributed by atoms with van der Waals surface area (Å²) in [4.78, 5) is 22.8. The molecule has 0 bridgehead atoms. The predicted molar refractivity (Wildman–Crippen MR) is 96.4 cm³/mol. The summed E-state index contributed by atoms with van der Waals surface area (Å²) in [5.41, 5.74) is 0. The van der Waals surface area contributed by atoms with Crippen LogP contribution in [0.15, 0.2) is 0 Å². The quantitative estimate of drug-likeness (QED) is 0.259. The van der Waals surface area contributed by atoms with E-state index < -0.39 is 0 Å². The Bertz CT molecular complexity index is 379. The number of ether oxygens (including phenoxy) is 2. The summed E-state index contributed by atoms with van der Waals surface area (Å²) in [6, 6.07) is 0. The zero-order valence-electron chi connectivity index (χ0n) is 15.5. The molecule has 0 atom stereocenters. The maximum absolute atomic E-state index is 11.5.